The van der Waals surface area contributed by atoms with E-state index in [0.717, 1.165) is 12.8 Å². The summed E-state index contributed by atoms with van der Waals surface area (Å²) >= 11 is 5.82. The van der Waals surface area contributed by atoms with Gasteiger partial charge in [0.1, 0.15) is 0 Å². The Morgan fingerprint density at radius 3 is 2.17 bits per heavy atom. The lowest BCUT2D eigenvalue weighted by Crippen LogP contribution is -2.35. The van der Waals surface area contributed by atoms with Gasteiger partial charge in [0.15, 0.2) is 0 Å². The smallest absolute Gasteiger partial charge is 0.251 e. The maximum Gasteiger partial charge on any atom is 0.251 e. The molecule has 1 aliphatic carbocycles. The lowest BCUT2D eigenvalue weighted by atomic mass is 9.96. The summed E-state index contributed by atoms with van der Waals surface area (Å²) in [6.07, 6.45) is 8.62. The van der Waals surface area contributed by atoms with E-state index in [9.17, 15) is 4.79 Å². The zero-order valence-corrected chi connectivity index (χ0v) is 11.4. The quantitative estimate of drug-likeness (QED) is 0.854. The van der Waals surface area contributed by atoms with Gasteiger partial charge in [-0.3, -0.25) is 4.79 Å². The standard InChI is InChI=1S/C15H20ClNO/c16-13-10-8-12(9-11-13)15(18)17-14-6-4-2-1-3-5-7-14/h8-11,14H,1-7H2,(H,17,18). The third-order valence-corrected chi connectivity index (χ3v) is 3.80. The summed E-state index contributed by atoms with van der Waals surface area (Å²) in [7, 11) is 0. The minimum atomic E-state index is 0.0252. The van der Waals surface area contributed by atoms with E-state index >= 15 is 0 Å². The number of halogens is 1. The zero-order valence-electron chi connectivity index (χ0n) is 10.6. The van der Waals surface area contributed by atoms with Gasteiger partial charge in [0.2, 0.25) is 0 Å². The van der Waals surface area contributed by atoms with Crippen LogP contribution in [0.2, 0.25) is 5.02 Å². The summed E-state index contributed by atoms with van der Waals surface area (Å²) in [6, 6.07) is 7.41. The van der Waals surface area contributed by atoms with E-state index in [0.29, 0.717) is 16.6 Å². The highest BCUT2D eigenvalue weighted by molar-refractivity contribution is 6.30. The SMILES string of the molecule is O=C(NC1CCCCCCC1)c1ccc(Cl)cc1. The highest BCUT2D eigenvalue weighted by atomic mass is 35.5. The van der Waals surface area contributed by atoms with Crippen molar-refractivity contribution in [2.45, 2.75) is 51.0 Å². The second-order valence-electron chi connectivity index (χ2n) is 5.02. The lowest BCUT2D eigenvalue weighted by Gasteiger charge is -2.21. The average molecular weight is 266 g/mol. The van der Waals surface area contributed by atoms with Crippen LogP contribution in [-0.4, -0.2) is 11.9 Å². The van der Waals surface area contributed by atoms with Gasteiger partial charge in [0.25, 0.3) is 5.91 Å². The molecule has 1 N–H and O–H groups in total. The fourth-order valence-electron chi connectivity index (χ4n) is 2.47. The van der Waals surface area contributed by atoms with Crippen LogP contribution < -0.4 is 5.32 Å². The Balaban J connectivity index is 1.91. The molecule has 1 saturated carbocycles. The Bertz CT molecular complexity index is 380. The second kappa shape index (κ2) is 6.79. The maximum atomic E-state index is 12.1. The number of carbonyl (C=O) groups excluding carboxylic acids is 1. The molecule has 2 rings (SSSR count). The molecule has 0 aliphatic heterocycles. The Labute approximate surface area is 114 Å². The number of hydrogen-bond acceptors (Lipinski definition) is 1. The lowest BCUT2D eigenvalue weighted by molar-refractivity contribution is 0.0930. The number of benzene rings is 1. The Morgan fingerprint density at radius 1 is 1.00 bits per heavy atom. The molecule has 0 radical (unpaired) electrons. The van der Waals surface area contributed by atoms with Crippen molar-refractivity contribution in [3.8, 4) is 0 Å². The summed E-state index contributed by atoms with van der Waals surface area (Å²) in [5.74, 6) is 0.0252. The largest absolute Gasteiger partial charge is 0.349 e. The molecule has 0 heterocycles. The highest BCUT2D eigenvalue weighted by Gasteiger charge is 2.14. The van der Waals surface area contributed by atoms with Crippen LogP contribution >= 0.6 is 11.6 Å². The number of amides is 1. The molecule has 0 spiro atoms. The second-order valence-corrected chi connectivity index (χ2v) is 5.46. The first-order valence-electron chi connectivity index (χ1n) is 6.82. The van der Waals surface area contributed by atoms with Crippen molar-refractivity contribution in [2.75, 3.05) is 0 Å². The van der Waals surface area contributed by atoms with Crippen molar-refractivity contribution in [2.24, 2.45) is 0 Å². The van der Waals surface area contributed by atoms with Crippen LogP contribution in [0.5, 0.6) is 0 Å². The van der Waals surface area contributed by atoms with E-state index in [4.69, 9.17) is 11.6 Å². The van der Waals surface area contributed by atoms with Crippen LogP contribution in [0, 0.1) is 0 Å². The maximum absolute atomic E-state index is 12.1. The molecule has 0 saturated heterocycles. The van der Waals surface area contributed by atoms with Crippen molar-refractivity contribution in [1.29, 1.82) is 0 Å². The van der Waals surface area contributed by atoms with Crippen LogP contribution in [-0.2, 0) is 0 Å². The van der Waals surface area contributed by atoms with Gasteiger partial charge < -0.3 is 5.32 Å². The van der Waals surface area contributed by atoms with E-state index < -0.39 is 0 Å². The zero-order chi connectivity index (χ0) is 12.8. The van der Waals surface area contributed by atoms with Gasteiger partial charge in [-0.05, 0) is 37.1 Å². The molecule has 98 valence electrons. The molecule has 0 bridgehead atoms. The molecule has 1 amide bonds. The first kappa shape index (κ1) is 13.4. The number of nitrogens with one attached hydrogen (secondary N) is 1. The molecule has 2 nitrogen and oxygen atoms in total. The number of rotatable bonds is 2. The normalized spacial score (nSPS) is 17.8. The van der Waals surface area contributed by atoms with Crippen LogP contribution in [0.4, 0.5) is 0 Å². The monoisotopic (exact) mass is 265 g/mol. The Morgan fingerprint density at radius 2 is 1.56 bits per heavy atom. The summed E-state index contributed by atoms with van der Waals surface area (Å²) in [6.45, 7) is 0. The van der Waals surface area contributed by atoms with E-state index in [1.807, 2.05) is 0 Å². The van der Waals surface area contributed by atoms with E-state index in [1.54, 1.807) is 24.3 Å². The van der Waals surface area contributed by atoms with Gasteiger partial charge in [0.05, 0.1) is 0 Å². The molecule has 1 aromatic carbocycles. The third-order valence-electron chi connectivity index (χ3n) is 3.55. The molecule has 18 heavy (non-hydrogen) atoms. The van der Waals surface area contributed by atoms with E-state index in [1.165, 1.54) is 32.1 Å². The van der Waals surface area contributed by atoms with Gasteiger partial charge in [-0.2, -0.15) is 0 Å². The van der Waals surface area contributed by atoms with Crippen LogP contribution in [0.15, 0.2) is 24.3 Å². The minimum Gasteiger partial charge on any atom is -0.349 e. The number of hydrogen-bond donors (Lipinski definition) is 1. The van der Waals surface area contributed by atoms with Crippen molar-refractivity contribution in [3.05, 3.63) is 34.9 Å². The fraction of sp³-hybridized carbons (Fsp3) is 0.533. The predicted octanol–water partition coefficient (Wildman–Crippen LogP) is 4.18. The predicted molar refractivity (Wildman–Crippen MR) is 75.0 cm³/mol. The molecular weight excluding hydrogens is 246 g/mol. The van der Waals surface area contributed by atoms with E-state index in [2.05, 4.69) is 5.32 Å². The van der Waals surface area contributed by atoms with Crippen LogP contribution in [0.1, 0.15) is 55.3 Å². The van der Waals surface area contributed by atoms with Gasteiger partial charge >= 0.3 is 0 Å². The molecule has 0 unspecified atom stereocenters. The molecule has 1 aliphatic rings. The molecular formula is C15H20ClNO. The first-order valence-corrected chi connectivity index (χ1v) is 7.20. The Hall–Kier alpha value is -1.02. The first-order chi connectivity index (χ1) is 8.75. The molecule has 1 fully saturated rings. The van der Waals surface area contributed by atoms with Crippen molar-refractivity contribution in [1.82, 2.24) is 5.32 Å². The molecule has 1 aromatic rings. The van der Waals surface area contributed by atoms with Gasteiger partial charge in [0, 0.05) is 16.6 Å². The van der Waals surface area contributed by atoms with Crippen molar-refractivity contribution >= 4 is 17.5 Å². The summed E-state index contributed by atoms with van der Waals surface area (Å²) in [5, 5.41) is 3.80. The fourth-order valence-corrected chi connectivity index (χ4v) is 2.60. The molecule has 3 heteroatoms. The average Bonchev–Trinajstić information content (AvgIpc) is 2.33. The minimum absolute atomic E-state index is 0.0252. The molecule has 0 atom stereocenters. The third kappa shape index (κ3) is 4.02. The van der Waals surface area contributed by atoms with Gasteiger partial charge in [-0.1, -0.05) is 43.7 Å². The van der Waals surface area contributed by atoms with Crippen molar-refractivity contribution < 1.29 is 4.79 Å². The van der Waals surface area contributed by atoms with Crippen LogP contribution in [0.3, 0.4) is 0 Å². The molecule has 0 aromatic heterocycles. The highest BCUT2D eigenvalue weighted by Crippen LogP contribution is 2.17. The van der Waals surface area contributed by atoms with Crippen LogP contribution in [0.25, 0.3) is 0 Å². The Kier molecular flexibility index (Phi) is 5.06. The number of carbonyl (C=O) groups is 1. The topological polar surface area (TPSA) is 29.1 Å². The van der Waals surface area contributed by atoms with E-state index in [-0.39, 0.29) is 5.91 Å². The van der Waals surface area contributed by atoms with Gasteiger partial charge in [-0.15, -0.1) is 0 Å². The van der Waals surface area contributed by atoms with Gasteiger partial charge in [-0.25, -0.2) is 0 Å². The summed E-state index contributed by atoms with van der Waals surface area (Å²) in [5.41, 5.74) is 0.696. The summed E-state index contributed by atoms with van der Waals surface area (Å²) < 4.78 is 0. The van der Waals surface area contributed by atoms with Crippen molar-refractivity contribution in [3.63, 3.8) is 0 Å². The summed E-state index contributed by atoms with van der Waals surface area (Å²) in [4.78, 5) is 12.1.